The van der Waals surface area contributed by atoms with Gasteiger partial charge in [0, 0.05) is 42.5 Å². The summed E-state index contributed by atoms with van der Waals surface area (Å²) in [6.07, 6.45) is 8.47. The fourth-order valence-electron chi connectivity index (χ4n) is 5.69. The summed E-state index contributed by atoms with van der Waals surface area (Å²) in [7, 11) is 0. The molecule has 0 radical (unpaired) electrons. The Bertz CT molecular complexity index is 1840. The van der Waals surface area contributed by atoms with Crippen molar-refractivity contribution in [2.45, 2.75) is 30.0 Å². The van der Waals surface area contributed by atoms with E-state index in [4.69, 9.17) is 11.2 Å². The van der Waals surface area contributed by atoms with Gasteiger partial charge in [-0.1, -0.05) is 5.92 Å². The molecule has 1 fully saturated rings. The van der Waals surface area contributed by atoms with Crippen LogP contribution in [0.1, 0.15) is 88.1 Å². The fraction of sp³-hybridized carbons (Fsp3) is 0.161. The SMILES string of the molecule is C#C[C@H]1OC(c2ncccc2C(=O)O)[C@H](c2ncccc2C(=O)O)[C@H](c2ncccc2C(=O)O)[C@@H]1c1ncccc1C(=O)O. The molecule has 13 nitrogen and oxygen atoms in total. The van der Waals surface area contributed by atoms with Crippen LogP contribution in [-0.2, 0) is 4.74 Å². The Hall–Kier alpha value is -6.00. The zero-order valence-corrected chi connectivity index (χ0v) is 22.5. The van der Waals surface area contributed by atoms with Gasteiger partial charge in [0.15, 0.2) is 0 Å². The van der Waals surface area contributed by atoms with E-state index in [9.17, 15) is 39.6 Å². The lowest BCUT2D eigenvalue weighted by Gasteiger charge is -2.46. The topological polar surface area (TPSA) is 210 Å². The monoisotopic (exact) mass is 594 g/mol. The molecule has 0 spiro atoms. The summed E-state index contributed by atoms with van der Waals surface area (Å²) in [5.74, 6) is -6.83. The van der Waals surface area contributed by atoms with E-state index in [1.807, 2.05) is 0 Å². The molecular weight excluding hydrogens is 572 g/mol. The predicted molar refractivity (Wildman–Crippen MR) is 149 cm³/mol. The number of aromatic carboxylic acids is 4. The van der Waals surface area contributed by atoms with Gasteiger partial charge in [0.05, 0.1) is 45.0 Å². The number of carboxylic acid groups (broad SMARTS) is 4. The normalized spacial score (nSPS) is 21.1. The second-order valence-corrected chi connectivity index (χ2v) is 9.69. The van der Waals surface area contributed by atoms with Gasteiger partial charge in [-0.25, -0.2) is 19.2 Å². The van der Waals surface area contributed by atoms with Gasteiger partial charge in [-0.15, -0.1) is 6.42 Å². The van der Waals surface area contributed by atoms with Crippen molar-refractivity contribution in [3.05, 3.63) is 118 Å². The van der Waals surface area contributed by atoms with E-state index >= 15 is 0 Å². The zero-order valence-electron chi connectivity index (χ0n) is 22.5. The molecular formula is C31H22N4O9. The maximum absolute atomic E-state index is 12.5. The van der Waals surface area contributed by atoms with E-state index in [1.54, 1.807) is 0 Å². The Balaban J connectivity index is 1.94. The number of carboxylic acids is 4. The van der Waals surface area contributed by atoms with Crippen LogP contribution in [0.15, 0.2) is 73.3 Å². The summed E-state index contributed by atoms with van der Waals surface area (Å²) in [6, 6.07) is 10.7. The molecule has 44 heavy (non-hydrogen) atoms. The molecule has 1 saturated heterocycles. The number of rotatable bonds is 8. The average molecular weight is 595 g/mol. The Morgan fingerprint density at radius 3 is 1.30 bits per heavy atom. The predicted octanol–water partition coefficient (Wildman–Crippen LogP) is 3.48. The molecule has 4 N–H and O–H groups in total. The minimum atomic E-state index is -1.42. The molecule has 0 aromatic carbocycles. The van der Waals surface area contributed by atoms with E-state index < -0.39 is 53.8 Å². The molecule has 0 amide bonds. The molecule has 5 atom stereocenters. The van der Waals surface area contributed by atoms with Crippen LogP contribution in [0.2, 0.25) is 0 Å². The van der Waals surface area contributed by atoms with Crippen LogP contribution < -0.4 is 0 Å². The Morgan fingerprint density at radius 1 is 0.568 bits per heavy atom. The van der Waals surface area contributed by atoms with Crippen molar-refractivity contribution in [1.82, 2.24) is 19.9 Å². The van der Waals surface area contributed by atoms with Crippen molar-refractivity contribution in [1.29, 1.82) is 0 Å². The molecule has 1 unspecified atom stereocenters. The molecule has 0 bridgehead atoms. The second kappa shape index (κ2) is 12.1. The first kappa shape index (κ1) is 29.5. The maximum Gasteiger partial charge on any atom is 0.337 e. The highest BCUT2D eigenvalue weighted by Gasteiger charge is 2.53. The second-order valence-electron chi connectivity index (χ2n) is 9.69. The molecule has 0 aliphatic carbocycles. The van der Waals surface area contributed by atoms with Crippen molar-refractivity contribution in [3.63, 3.8) is 0 Å². The standard InChI is InChI=1S/C31H22N4O9/c1-2-19-20(23-15(28(36)37)7-3-11-32-23)21(24-16(29(38)39)8-4-12-33-24)22(25-17(30(40)41)9-5-13-34-25)27(44-19)26-18(31(42)43)10-6-14-35-26/h1,3-14,19-22,27H,(H,36,37)(H,38,39)(H,40,41)(H,42,43)/t19-,20-,21-,22+,27?/m1/s1. The van der Waals surface area contributed by atoms with Crippen LogP contribution >= 0.6 is 0 Å². The van der Waals surface area contributed by atoms with Crippen LogP contribution in [0.25, 0.3) is 0 Å². The Morgan fingerprint density at radius 2 is 0.909 bits per heavy atom. The third kappa shape index (κ3) is 5.21. The largest absolute Gasteiger partial charge is 0.478 e. The lowest BCUT2D eigenvalue weighted by molar-refractivity contribution is -0.0661. The van der Waals surface area contributed by atoms with E-state index in [0.29, 0.717) is 0 Å². The van der Waals surface area contributed by atoms with Gasteiger partial charge in [0.1, 0.15) is 12.2 Å². The molecule has 4 aromatic heterocycles. The Labute approximate surface area is 248 Å². The third-order valence-electron chi connectivity index (χ3n) is 7.38. The van der Waals surface area contributed by atoms with Crippen LogP contribution in [-0.4, -0.2) is 70.3 Å². The Kier molecular flexibility index (Phi) is 8.10. The maximum atomic E-state index is 12.5. The van der Waals surface area contributed by atoms with Gasteiger partial charge in [0.2, 0.25) is 0 Å². The van der Waals surface area contributed by atoms with Crippen LogP contribution in [0.5, 0.6) is 0 Å². The minimum Gasteiger partial charge on any atom is -0.478 e. The molecule has 220 valence electrons. The molecule has 5 heterocycles. The quantitative estimate of drug-likeness (QED) is 0.216. The number of carbonyl (C=O) groups is 4. The lowest BCUT2D eigenvalue weighted by atomic mass is 9.66. The third-order valence-corrected chi connectivity index (χ3v) is 7.38. The highest BCUT2D eigenvalue weighted by molar-refractivity contribution is 5.92. The van der Waals surface area contributed by atoms with Crippen LogP contribution in [0.3, 0.4) is 0 Å². The van der Waals surface area contributed by atoms with E-state index in [1.165, 1.54) is 73.3 Å². The van der Waals surface area contributed by atoms with Crippen LogP contribution in [0.4, 0.5) is 0 Å². The van der Waals surface area contributed by atoms with Gasteiger partial charge in [0.25, 0.3) is 0 Å². The van der Waals surface area contributed by atoms with Crippen molar-refractivity contribution in [3.8, 4) is 12.3 Å². The summed E-state index contributed by atoms with van der Waals surface area (Å²) >= 11 is 0. The first-order valence-corrected chi connectivity index (χ1v) is 13.0. The van der Waals surface area contributed by atoms with E-state index in [0.717, 1.165) is 0 Å². The van der Waals surface area contributed by atoms with Gasteiger partial charge >= 0.3 is 23.9 Å². The van der Waals surface area contributed by atoms with Gasteiger partial charge in [-0.05, 0) is 48.5 Å². The number of hydrogen-bond acceptors (Lipinski definition) is 9. The molecule has 5 rings (SSSR count). The number of nitrogens with zero attached hydrogens (tertiary/aromatic N) is 4. The van der Waals surface area contributed by atoms with Gasteiger partial charge < -0.3 is 25.2 Å². The fourth-order valence-corrected chi connectivity index (χ4v) is 5.69. The number of hydrogen-bond donors (Lipinski definition) is 4. The number of terminal acetylenes is 1. The lowest BCUT2D eigenvalue weighted by Crippen LogP contribution is -2.43. The summed E-state index contributed by atoms with van der Waals surface area (Å²) in [4.78, 5) is 67.1. The average Bonchev–Trinajstić information content (AvgIpc) is 3.03. The van der Waals surface area contributed by atoms with Crippen molar-refractivity contribution in [2.24, 2.45) is 0 Å². The number of pyridine rings is 4. The van der Waals surface area contributed by atoms with Crippen molar-refractivity contribution in [2.75, 3.05) is 0 Å². The van der Waals surface area contributed by atoms with Crippen LogP contribution in [0, 0.1) is 12.3 Å². The van der Waals surface area contributed by atoms with Crippen molar-refractivity contribution < 1.29 is 44.3 Å². The molecule has 4 aromatic rings. The molecule has 1 aliphatic heterocycles. The highest BCUT2D eigenvalue weighted by atomic mass is 16.5. The number of ether oxygens (including phenoxy) is 1. The summed E-state index contributed by atoms with van der Waals surface area (Å²) in [6.45, 7) is 0. The minimum absolute atomic E-state index is 0.0781. The smallest absolute Gasteiger partial charge is 0.337 e. The molecule has 1 aliphatic rings. The summed E-state index contributed by atoms with van der Waals surface area (Å²) in [5, 5.41) is 40.5. The van der Waals surface area contributed by atoms with Gasteiger partial charge in [-0.3, -0.25) is 19.9 Å². The first-order valence-electron chi connectivity index (χ1n) is 13.0. The molecule has 0 saturated carbocycles. The van der Waals surface area contributed by atoms with Crippen molar-refractivity contribution >= 4 is 23.9 Å². The number of aromatic nitrogens is 4. The molecule has 13 heteroatoms. The zero-order chi connectivity index (χ0) is 31.5. The van der Waals surface area contributed by atoms with E-state index in [2.05, 4.69) is 25.9 Å². The van der Waals surface area contributed by atoms with Gasteiger partial charge in [-0.2, -0.15) is 0 Å². The summed E-state index contributed by atoms with van der Waals surface area (Å²) < 4.78 is 6.37. The van der Waals surface area contributed by atoms with E-state index in [-0.39, 0.29) is 45.0 Å². The highest BCUT2D eigenvalue weighted by Crippen LogP contribution is 2.57. The summed E-state index contributed by atoms with van der Waals surface area (Å²) in [5.41, 5.74) is -1.56. The first-order chi connectivity index (χ1) is 21.1.